The molecule has 21 heavy (non-hydrogen) atoms. The normalized spacial score (nSPS) is 18.0. The topological polar surface area (TPSA) is 93.4 Å². The number of hydrogen-bond donors (Lipinski definition) is 1. The van der Waals surface area contributed by atoms with Crippen LogP contribution in [0, 0.1) is 6.92 Å². The molecule has 110 valence electrons. The Bertz CT molecular complexity index is 643. The minimum atomic E-state index is -1.27. The van der Waals surface area contributed by atoms with Crippen LogP contribution in [-0.4, -0.2) is 43.6 Å². The van der Waals surface area contributed by atoms with Gasteiger partial charge in [0.1, 0.15) is 12.1 Å². The molecular weight excluding hydrogens is 274 g/mol. The Labute approximate surface area is 121 Å². The third-order valence-electron chi connectivity index (χ3n) is 3.29. The van der Waals surface area contributed by atoms with Crippen LogP contribution in [0.25, 0.3) is 5.95 Å². The lowest BCUT2D eigenvalue weighted by Gasteiger charge is -2.24. The summed E-state index contributed by atoms with van der Waals surface area (Å²) in [7, 11) is 0. The molecule has 8 heteroatoms. The first kappa shape index (κ1) is 13.3. The molecule has 0 unspecified atom stereocenters. The van der Waals surface area contributed by atoms with Crippen LogP contribution in [0.1, 0.15) is 18.5 Å². The summed E-state index contributed by atoms with van der Waals surface area (Å²) < 4.78 is 6.62. The molecule has 2 aromatic rings. The van der Waals surface area contributed by atoms with Crippen molar-refractivity contribution in [1.29, 1.82) is 0 Å². The molecule has 1 N–H and O–H groups in total. The first-order chi connectivity index (χ1) is 10.1. The predicted molar refractivity (Wildman–Crippen MR) is 73.4 cm³/mol. The molecule has 1 atom stereocenters. The fourth-order valence-electron chi connectivity index (χ4n) is 2.41. The Hall–Kier alpha value is -2.64. The SMILES string of the molecule is Cc1cc(N2CCC[C@H]2OC(=O)O)nc(-n2ccnc2)n1. The highest BCUT2D eigenvalue weighted by atomic mass is 16.7. The van der Waals surface area contributed by atoms with Crippen LogP contribution in [0.5, 0.6) is 0 Å². The Kier molecular flexibility index (Phi) is 3.43. The highest BCUT2D eigenvalue weighted by Gasteiger charge is 2.29. The summed E-state index contributed by atoms with van der Waals surface area (Å²) >= 11 is 0. The van der Waals surface area contributed by atoms with Crippen molar-refractivity contribution < 1.29 is 14.6 Å². The van der Waals surface area contributed by atoms with Crippen molar-refractivity contribution >= 4 is 12.0 Å². The quantitative estimate of drug-likeness (QED) is 0.857. The molecule has 2 aromatic heterocycles. The molecule has 0 amide bonds. The maximum Gasteiger partial charge on any atom is 0.507 e. The van der Waals surface area contributed by atoms with Gasteiger partial charge in [-0.25, -0.2) is 14.8 Å². The Balaban J connectivity index is 1.93. The molecule has 1 saturated heterocycles. The number of aryl methyl sites for hydroxylation is 1. The van der Waals surface area contributed by atoms with Crippen LogP contribution in [0.4, 0.5) is 10.6 Å². The second-order valence-electron chi connectivity index (χ2n) is 4.81. The zero-order valence-electron chi connectivity index (χ0n) is 11.5. The fourth-order valence-corrected chi connectivity index (χ4v) is 2.41. The lowest BCUT2D eigenvalue weighted by Crippen LogP contribution is -2.34. The summed E-state index contributed by atoms with van der Waals surface area (Å²) in [6.07, 6.45) is 4.79. The average Bonchev–Trinajstić information content (AvgIpc) is 3.07. The van der Waals surface area contributed by atoms with Crippen LogP contribution in [0.15, 0.2) is 24.8 Å². The summed E-state index contributed by atoms with van der Waals surface area (Å²) in [4.78, 5) is 25.4. The van der Waals surface area contributed by atoms with Gasteiger partial charge in [-0.1, -0.05) is 0 Å². The minimum absolute atomic E-state index is 0.493. The molecule has 0 radical (unpaired) electrons. The Morgan fingerprint density at radius 2 is 2.33 bits per heavy atom. The predicted octanol–water partition coefficient (Wildman–Crippen LogP) is 1.59. The van der Waals surface area contributed by atoms with E-state index in [-0.39, 0.29) is 0 Å². The van der Waals surface area contributed by atoms with Crippen molar-refractivity contribution in [3.05, 3.63) is 30.5 Å². The largest absolute Gasteiger partial charge is 0.507 e. The number of imidazole rings is 1. The van der Waals surface area contributed by atoms with Gasteiger partial charge in [0.25, 0.3) is 0 Å². The number of carboxylic acid groups (broad SMARTS) is 1. The van der Waals surface area contributed by atoms with Gasteiger partial charge in [0.05, 0.1) is 0 Å². The molecule has 3 heterocycles. The second-order valence-corrected chi connectivity index (χ2v) is 4.81. The lowest BCUT2D eigenvalue weighted by atomic mass is 10.3. The van der Waals surface area contributed by atoms with Gasteiger partial charge in [0.15, 0.2) is 6.23 Å². The molecule has 0 saturated carbocycles. The van der Waals surface area contributed by atoms with Gasteiger partial charge in [0.2, 0.25) is 5.95 Å². The van der Waals surface area contributed by atoms with Crippen molar-refractivity contribution in [3.63, 3.8) is 0 Å². The van der Waals surface area contributed by atoms with Crippen LogP contribution in [0.3, 0.4) is 0 Å². The second kappa shape index (κ2) is 5.39. The maximum absolute atomic E-state index is 10.8. The van der Waals surface area contributed by atoms with Gasteiger partial charge < -0.3 is 14.7 Å². The van der Waals surface area contributed by atoms with E-state index < -0.39 is 12.4 Å². The van der Waals surface area contributed by atoms with E-state index in [1.807, 2.05) is 17.9 Å². The van der Waals surface area contributed by atoms with E-state index in [1.54, 1.807) is 23.3 Å². The molecule has 1 aliphatic rings. The summed E-state index contributed by atoms with van der Waals surface area (Å²) in [6.45, 7) is 2.58. The monoisotopic (exact) mass is 289 g/mol. The first-order valence-electron chi connectivity index (χ1n) is 6.64. The summed E-state index contributed by atoms with van der Waals surface area (Å²) in [5.41, 5.74) is 0.796. The number of nitrogens with zero attached hydrogens (tertiary/aromatic N) is 5. The van der Waals surface area contributed by atoms with E-state index in [4.69, 9.17) is 9.84 Å². The first-order valence-corrected chi connectivity index (χ1v) is 6.64. The highest BCUT2D eigenvalue weighted by molar-refractivity contribution is 5.58. The van der Waals surface area contributed by atoms with Crippen molar-refractivity contribution in [1.82, 2.24) is 19.5 Å². The van der Waals surface area contributed by atoms with Gasteiger partial charge in [0, 0.05) is 37.1 Å². The molecule has 1 fully saturated rings. The van der Waals surface area contributed by atoms with E-state index in [1.165, 1.54) is 0 Å². The molecule has 0 aliphatic carbocycles. The van der Waals surface area contributed by atoms with E-state index in [2.05, 4.69) is 15.0 Å². The molecule has 0 aromatic carbocycles. The summed E-state index contributed by atoms with van der Waals surface area (Å²) in [5, 5.41) is 8.80. The molecule has 1 aliphatic heterocycles. The third-order valence-corrected chi connectivity index (χ3v) is 3.29. The summed E-state index contributed by atoms with van der Waals surface area (Å²) in [5.74, 6) is 1.17. The minimum Gasteiger partial charge on any atom is -0.450 e. The zero-order valence-corrected chi connectivity index (χ0v) is 11.5. The number of anilines is 1. The van der Waals surface area contributed by atoms with E-state index in [0.717, 1.165) is 12.1 Å². The van der Waals surface area contributed by atoms with Gasteiger partial charge >= 0.3 is 6.16 Å². The average molecular weight is 289 g/mol. The standard InChI is InChI=1S/C13H15N5O3/c1-9-7-10(16-12(15-9)17-6-4-14-8-17)18-5-2-3-11(18)21-13(19)20/h4,6-8,11H,2-3,5H2,1H3,(H,19,20)/t11-/m1/s1. The smallest absolute Gasteiger partial charge is 0.450 e. The third kappa shape index (κ3) is 2.78. The van der Waals surface area contributed by atoms with Crippen LogP contribution in [-0.2, 0) is 4.74 Å². The van der Waals surface area contributed by atoms with Gasteiger partial charge in [-0.3, -0.25) is 4.57 Å². The van der Waals surface area contributed by atoms with Gasteiger partial charge in [-0.15, -0.1) is 0 Å². The fraction of sp³-hybridized carbons (Fsp3) is 0.385. The molecule has 3 rings (SSSR count). The highest BCUT2D eigenvalue weighted by Crippen LogP contribution is 2.25. The molecular formula is C13H15N5O3. The number of carbonyl (C=O) groups is 1. The van der Waals surface area contributed by atoms with E-state index >= 15 is 0 Å². The number of aromatic nitrogens is 4. The zero-order chi connectivity index (χ0) is 14.8. The van der Waals surface area contributed by atoms with Crippen LogP contribution >= 0.6 is 0 Å². The van der Waals surface area contributed by atoms with Crippen LogP contribution < -0.4 is 4.90 Å². The van der Waals surface area contributed by atoms with E-state index in [0.29, 0.717) is 24.7 Å². The van der Waals surface area contributed by atoms with Gasteiger partial charge in [-0.05, 0) is 13.3 Å². The van der Waals surface area contributed by atoms with Crippen molar-refractivity contribution in [2.75, 3.05) is 11.4 Å². The van der Waals surface area contributed by atoms with Crippen molar-refractivity contribution in [2.45, 2.75) is 26.0 Å². The Morgan fingerprint density at radius 3 is 3.05 bits per heavy atom. The van der Waals surface area contributed by atoms with Crippen molar-refractivity contribution in [3.8, 4) is 5.95 Å². The molecule has 8 nitrogen and oxygen atoms in total. The Morgan fingerprint density at radius 1 is 1.48 bits per heavy atom. The molecule has 0 bridgehead atoms. The summed E-state index contributed by atoms with van der Waals surface area (Å²) in [6, 6.07) is 1.82. The number of ether oxygens (including phenoxy) is 1. The van der Waals surface area contributed by atoms with E-state index in [9.17, 15) is 4.79 Å². The van der Waals surface area contributed by atoms with Crippen LogP contribution in [0.2, 0.25) is 0 Å². The van der Waals surface area contributed by atoms with Gasteiger partial charge in [-0.2, -0.15) is 4.98 Å². The van der Waals surface area contributed by atoms with Crippen molar-refractivity contribution in [2.24, 2.45) is 0 Å². The lowest BCUT2D eigenvalue weighted by molar-refractivity contribution is 0.0556. The molecule has 0 spiro atoms. The number of hydrogen-bond acceptors (Lipinski definition) is 6. The maximum atomic E-state index is 10.8. The number of rotatable bonds is 3.